The van der Waals surface area contributed by atoms with E-state index in [1.807, 2.05) is 6.07 Å². The number of ether oxygens (including phenoxy) is 1. The molecule has 14 heavy (non-hydrogen) atoms. The number of methoxy groups -OCH3 is 1. The number of nitrogens with one attached hydrogen (secondary N) is 1. The van der Waals surface area contributed by atoms with Crippen molar-refractivity contribution in [2.75, 3.05) is 12.4 Å². The molecule has 1 atom stereocenters. The van der Waals surface area contributed by atoms with Gasteiger partial charge >= 0.3 is 0 Å². The molecule has 0 aliphatic heterocycles. The summed E-state index contributed by atoms with van der Waals surface area (Å²) in [5.74, 6) is 0.922. The molecule has 0 heterocycles. The molecule has 0 spiro atoms. The maximum absolute atomic E-state index is 5.31. The summed E-state index contributed by atoms with van der Waals surface area (Å²) in [5.41, 5.74) is 2.30. The molecule has 0 aliphatic rings. The number of hydrogen-bond donors (Lipinski definition) is 1. The molecule has 2 heteroatoms. The molecule has 0 fully saturated rings. The summed E-state index contributed by atoms with van der Waals surface area (Å²) >= 11 is 0. The van der Waals surface area contributed by atoms with Crippen molar-refractivity contribution >= 4 is 5.69 Å². The van der Waals surface area contributed by atoms with Crippen molar-refractivity contribution in [2.45, 2.75) is 33.2 Å². The van der Waals surface area contributed by atoms with Crippen LogP contribution < -0.4 is 10.1 Å². The van der Waals surface area contributed by atoms with Gasteiger partial charge in [-0.2, -0.15) is 0 Å². The third-order valence-electron chi connectivity index (χ3n) is 2.37. The molecule has 78 valence electrons. The molecule has 1 rings (SSSR count). The van der Waals surface area contributed by atoms with Gasteiger partial charge in [0.15, 0.2) is 0 Å². The highest BCUT2D eigenvalue weighted by atomic mass is 16.5. The monoisotopic (exact) mass is 193 g/mol. The lowest BCUT2D eigenvalue weighted by Crippen LogP contribution is -2.14. The average Bonchev–Trinajstić information content (AvgIpc) is 2.20. The molecule has 0 aliphatic carbocycles. The van der Waals surface area contributed by atoms with Gasteiger partial charge in [-0.25, -0.2) is 0 Å². The molecule has 0 bridgehead atoms. The Morgan fingerprint density at radius 1 is 1.43 bits per heavy atom. The second-order valence-corrected chi connectivity index (χ2v) is 3.66. The predicted octanol–water partition coefficient (Wildman–Crippen LogP) is 3.21. The second-order valence-electron chi connectivity index (χ2n) is 3.66. The molecule has 1 unspecified atom stereocenters. The summed E-state index contributed by atoms with van der Waals surface area (Å²) < 4.78 is 5.31. The highest BCUT2D eigenvalue weighted by Crippen LogP contribution is 2.26. The summed E-state index contributed by atoms with van der Waals surface area (Å²) in [4.78, 5) is 0. The minimum Gasteiger partial charge on any atom is -0.495 e. The predicted molar refractivity (Wildman–Crippen MR) is 61.1 cm³/mol. The third kappa shape index (κ3) is 2.66. The number of benzene rings is 1. The van der Waals surface area contributed by atoms with Gasteiger partial charge in [0.1, 0.15) is 5.75 Å². The first kappa shape index (κ1) is 10.9. The number of rotatable bonds is 4. The zero-order valence-electron chi connectivity index (χ0n) is 9.42. The fourth-order valence-corrected chi connectivity index (χ4v) is 1.29. The summed E-state index contributed by atoms with van der Waals surface area (Å²) in [5, 5.41) is 3.41. The molecule has 0 saturated heterocycles. The SMILES string of the molecule is CCC(C)Nc1ccc(C)cc1OC. The van der Waals surface area contributed by atoms with Gasteiger partial charge in [0.05, 0.1) is 12.8 Å². The van der Waals surface area contributed by atoms with Gasteiger partial charge in [0, 0.05) is 6.04 Å². The van der Waals surface area contributed by atoms with Gasteiger partial charge in [-0.05, 0) is 38.0 Å². The van der Waals surface area contributed by atoms with E-state index in [9.17, 15) is 0 Å². The first-order valence-electron chi connectivity index (χ1n) is 5.08. The Kier molecular flexibility index (Phi) is 3.81. The maximum Gasteiger partial charge on any atom is 0.142 e. The Hall–Kier alpha value is -1.18. The molecular formula is C12H19NO. The van der Waals surface area contributed by atoms with E-state index in [0.717, 1.165) is 17.9 Å². The van der Waals surface area contributed by atoms with E-state index in [1.54, 1.807) is 7.11 Å². The van der Waals surface area contributed by atoms with E-state index in [1.165, 1.54) is 5.56 Å². The molecule has 1 N–H and O–H groups in total. The van der Waals surface area contributed by atoms with Crippen LogP contribution in [0.5, 0.6) is 5.75 Å². The fraction of sp³-hybridized carbons (Fsp3) is 0.500. The van der Waals surface area contributed by atoms with Crippen LogP contribution in [0.1, 0.15) is 25.8 Å². The summed E-state index contributed by atoms with van der Waals surface area (Å²) in [7, 11) is 1.70. The van der Waals surface area contributed by atoms with E-state index in [-0.39, 0.29) is 0 Å². The standard InChI is InChI=1S/C12H19NO/c1-5-10(3)13-11-7-6-9(2)8-12(11)14-4/h6-8,10,13H,5H2,1-4H3. The summed E-state index contributed by atoms with van der Waals surface area (Å²) in [6.45, 7) is 6.40. The minimum absolute atomic E-state index is 0.478. The Balaban J connectivity index is 2.85. The van der Waals surface area contributed by atoms with Crippen molar-refractivity contribution in [3.63, 3.8) is 0 Å². The minimum atomic E-state index is 0.478. The van der Waals surface area contributed by atoms with Gasteiger partial charge in [-0.1, -0.05) is 13.0 Å². The van der Waals surface area contributed by atoms with Crippen LogP contribution in [0.15, 0.2) is 18.2 Å². The smallest absolute Gasteiger partial charge is 0.142 e. The molecular weight excluding hydrogens is 174 g/mol. The Bertz CT molecular complexity index is 296. The maximum atomic E-state index is 5.31. The third-order valence-corrected chi connectivity index (χ3v) is 2.37. The quantitative estimate of drug-likeness (QED) is 0.792. The molecule has 1 aromatic carbocycles. The van der Waals surface area contributed by atoms with E-state index >= 15 is 0 Å². The lowest BCUT2D eigenvalue weighted by atomic mass is 10.2. The first-order valence-corrected chi connectivity index (χ1v) is 5.08. The Morgan fingerprint density at radius 3 is 2.71 bits per heavy atom. The van der Waals surface area contributed by atoms with Crippen molar-refractivity contribution in [2.24, 2.45) is 0 Å². The lowest BCUT2D eigenvalue weighted by Gasteiger charge is -2.16. The zero-order valence-corrected chi connectivity index (χ0v) is 9.42. The van der Waals surface area contributed by atoms with Crippen LogP contribution in [0.3, 0.4) is 0 Å². The Morgan fingerprint density at radius 2 is 2.14 bits per heavy atom. The van der Waals surface area contributed by atoms with Crippen LogP contribution in [0.25, 0.3) is 0 Å². The summed E-state index contributed by atoms with van der Waals surface area (Å²) in [6, 6.07) is 6.68. The lowest BCUT2D eigenvalue weighted by molar-refractivity contribution is 0.415. The van der Waals surface area contributed by atoms with E-state index in [2.05, 4.69) is 38.2 Å². The molecule has 0 radical (unpaired) electrons. The highest BCUT2D eigenvalue weighted by molar-refractivity contribution is 5.58. The highest BCUT2D eigenvalue weighted by Gasteiger charge is 2.04. The largest absolute Gasteiger partial charge is 0.495 e. The number of aryl methyl sites for hydroxylation is 1. The van der Waals surface area contributed by atoms with Crippen molar-refractivity contribution in [3.05, 3.63) is 23.8 Å². The van der Waals surface area contributed by atoms with E-state index < -0.39 is 0 Å². The van der Waals surface area contributed by atoms with Gasteiger partial charge in [-0.3, -0.25) is 0 Å². The van der Waals surface area contributed by atoms with Crippen LogP contribution in [-0.2, 0) is 0 Å². The molecule has 2 nitrogen and oxygen atoms in total. The van der Waals surface area contributed by atoms with E-state index in [0.29, 0.717) is 6.04 Å². The molecule has 0 amide bonds. The molecule has 0 aromatic heterocycles. The van der Waals surface area contributed by atoms with Crippen LogP contribution >= 0.6 is 0 Å². The van der Waals surface area contributed by atoms with Crippen LogP contribution in [-0.4, -0.2) is 13.2 Å². The van der Waals surface area contributed by atoms with Crippen molar-refractivity contribution in [1.29, 1.82) is 0 Å². The van der Waals surface area contributed by atoms with Gasteiger partial charge in [0.2, 0.25) is 0 Å². The molecule has 1 aromatic rings. The van der Waals surface area contributed by atoms with Crippen LogP contribution in [0.2, 0.25) is 0 Å². The Labute approximate surface area is 86.3 Å². The van der Waals surface area contributed by atoms with E-state index in [4.69, 9.17) is 4.74 Å². The van der Waals surface area contributed by atoms with Crippen LogP contribution in [0.4, 0.5) is 5.69 Å². The normalized spacial score (nSPS) is 12.3. The second kappa shape index (κ2) is 4.89. The summed E-state index contributed by atoms with van der Waals surface area (Å²) in [6.07, 6.45) is 1.11. The van der Waals surface area contributed by atoms with Crippen molar-refractivity contribution < 1.29 is 4.74 Å². The number of hydrogen-bond acceptors (Lipinski definition) is 2. The van der Waals surface area contributed by atoms with Gasteiger partial charge < -0.3 is 10.1 Å². The van der Waals surface area contributed by atoms with Crippen molar-refractivity contribution in [1.82, 2.24) is 0 Å². The van der Waals surface area contributed by atoms with Gasteiger partial charge in [0.25, 0.3) is 0 Å². The van der Waals surface area contributed by atoms with Gasteiger partial charge in [-0.15, -0.1) is 0 Å². The fourth-order valence-electron chi connectivity index (χ4n) is 1.29. The topological polar surface area (TPSA) is 21.3 Å². The van der Waals surface area contributed by atoms with Crippen molar-refractivity contribution in [3.8, 4) is 5.75 Å². The average molecular weight is 193 g/mol. The number of anilines is 1. The first-order chi connectivity index (χ1) is 6.67. The van der Waals surface area contributed by atoms with Crippen LogP contribution in [0, 0.1) is 6.92 Å². The zero-order chi connectivity index (χ0) is 10.6. The molecule has 0 saturated carbocycles.